The molecule has 0 fully saturated rings. The van der Waals surface area contributed by atoms with Gasteiger partial charge in [0.1, 0.15) is 0 Å². The van der Waals surface area contributed by atoms with E-state index in [2.05, 4.69) is 69.8 Å². The van der Waals surface area contributed by atoms with Crippen LogP contribution in [-0.4, -0.2) is 0 Å². The van der Waals surface area contributed by atoms with Gasteiger partial charge < -0.3 is 0 Å². The van der Waals surface area contributed by atoms with Crippen LogP contribution in [0.25, 0.3) is 30.6 Å². The summed E-state index contributed by atoms with van der Waals surface area (Å²) in [6, 6.07) is 17.2. The third kappa shape index (κ3) is 1.76. The molecule has 0 unspecified atom stereocenters. The molecule has 0 atom stereocenters. The quantitative estimate of drug-likeness (QED) is 0.367. The van der Waals surface area contributed by atoms with Gasteiger partial charge in [0.15, 0.2) is 0 Å². The molecule has 0 aliphatic carbocycles. The van der Waals surface area contributed by atoms with Crippen LogP contribution in [0.3, 0.4) is 0 Å². The minimum atomic E-state index is 1.22. The van der Waals surface area contributed by atoms with Gasteiger partial charge in [-0.2, -0.15) is 0 Å². The van der Waals surface area contributed by atoms with Crippen LogP contribution in [-0.2, 0) is 0 Å². The molecule has 0 saturated carbocycles. The Balaban J connectivity index is 2.07. The first-order valence-corrected chi connectivity index (χ1v) is 8.47. The van der Waals surface area contributed by atoms with Gasteiger partial charge in [-0.1, -0.05) is 36.4 Å². The Morgan fingerprint density at radius 2 is 1.47 bits per heavy atom. The van der Waals surface area contributed by atoms with Crippen LogP contribution in [0.2, 0.25) is 0 Å². The summed E-state index contributed by atoms with van der Waals surface area (Å²) in [4.78, 5) is 1.33. The molecular formula is C16H9BrS2. The molecule has 0 bridgehead atoms. The summed E-state index contributed by atoms with van der Waals surface area (Å²) in [7, 11) is 0. The predicted molar refractivity (Wildman–Crippen MR) is 90.3 cm³/mol. The molecule has 0 saturated heterocycles. The lowest BCUT2D eigenvalue weighted by Gasteiger charge is -1.96. The summed E-state index contributed by atoms with van der Waals surface area (Å²) in [6.45, 7) is 0. The molecular weight excluding hydrogens is 336 g/mol. The largest absolute Gasteiger partial charge is 0.143 e. The zero-order chi connectivity index (χ0) is 12.8. The average Bonchev–Trinajstić information content (AvgIpc) is 3.01. The Kier molecular flexibility index (Phi) is 2.72. The first-order valence-electron chi connectivity index (χ1n) is 5.98. The number of rotatable bonds is 1. The molecule has 3 heteroatoms. The summed E-state index contributed by atoms with van der Waals surface area (Å²) in [5, 5.41) is 4.91. The van der Waals surface area contributed by atoms with Crippen molar-refractivity contribution in [1.29, 1.82) is 0 Å². The Hall–Kier alpha value is -1.16. The third-order valence-corrected chi connectivity index (χ3v) is 6.51. The summed E-state index contributed by atoms with van der Waals surface area (Å²) in [6.07, 6.45) is 0. The number of thiophene rings is 2. The molecule has 4 rings (SSSR count). The lowest BCUT2D eigenvalue weighted by molar-refractivity contribution is 1.81. The van der Waals surface area contributed by atoms with Crippen LogP contribution >= 0.6 is 38.6 Å². The predicted octanol–water partition coefficient (Wildman–Crippen LogP) is 6.55. The maximum atomic E-state index is 3.77. The van der Waals surface area contributed by atoms with Crippen LogP contribution in [0.1, 0.15) is 0 Å². The van der Waals surface area contributed by atoms with Crippen LogP contribution in [0.15, 0.2) is 58.4 Å². The van der Waals surface area contributed by atoms with Gasteiger partial charge in [0.05, 0.1) is 4.88 Å². The highest BCUT2D eigenvalue weighted by atomic mass is 79.9. The monoisotopic (exact) mass is 344 g/mol. The minimum absolute atomic E-state index is 1.22. The van der Waals surface area contributed by atoms with Crippen LogP contribution in [0.4, 0.5) is 0 Å². The Morgan fingerprint density at radius 1 is 0.789 bits per heavy atom. The standard InChI is InChI=1S/C16H9BrS2/c17-15-11-6-2-4-8-14(11)19-16(15)12-9-18-13-7-3-1-5-10(12)13/h1-9H. The highest BCUT2D eigenvalue weighted by Crippen LogP contribution is 2.45. The molecule has 4 aromatic rings. The van der Waals surface area contributed by atoms with E-state index in [9.17, 15) is 0 Å². The molecule has 2 aromatic heterocycles. The second kappa shape index (κ2) is 4.44. The molecule has 92 valence electrons. The van der Waals surface area contributed by atoms with E-state index in [-0.39, 0.29) is 0 Å². The number of benzene rings is 2. The lowest BCUT2D eigenvalue weighted by atomic mass is 10.1. The molecule has 2 heterocycles. The molecule has 0 N–H and O–H groups in total. The van der Waals surface area contributed by atoms with E-state index in [0.29, 0.717) is 0 Å². The fourth-order valence-corrected chi connectivity index (χ4v) is 5.43. The van der Waals surface area contributed by atoms with Gasteiger partial charge >= 0.3 is 0 Å². The normalized spacial score (nSPS) is 11.4. The van der Waals surface area contributed by atoms with Crippen molar-refractivity contribution < 1.29 is 0 Å². The van der Waals surface area contributed by atoms with E-state index in [4.69, 9.17) is 0 Å². The third-order valence-electron chi connectivity index (χ3n) is 3.26. The molecule has 0 aliphatic heterocycles. The van der Waals surface area contributed by atoms with Gasteiger partial charge in [-0.05, 0) is 28.1 Å². The zero-order valence-corrected chi connectivity index (χ0v) is 13.1. The highest BCUT2D eigenvalue weighted by Gasteiger charge is 2.14. The first-order chi connectivity index (χ1) is 9.34. The summed E-state index contributed by atoms with van der Waals surface area (Å²) >= 11 is 7.44. The SMILES string of the molecule is Brc1c(-c2csc3ccccc23)sc2ccccc12. The van der Waals surface area contributed by atoms with Crippen molar-refractivity contribution in [1.82, 2.24) is 0 Å². The van der Waals surface area contributed by atoms with Crippen molar-refractivity contribution in [2.75, 3.05) is 0 Å². The van der Waals surface area contributed by atoms with E-state index < -0.39 is 0 Å². The van der Waals surface area contributed by atoms with Gasteiger partial charge in [-0.3, -0.25) is 0 Å². The average molecular weight is 345 g/mol. The number of fused-ring (bicyclic) bond motifs is 2. The van der Waals surface area contributed by atoms with Gasteiger partial charge in [0.25, 0.3) is 0 Å². The van der Waals surface area contributed by atoms with Crippen LogP contribution in [0, 0.1) is 0 Å². The Morgan fingerprint density at radius 3 is 2.26 bits per heavy atom. The van der Waals surface area contributed by atoms with Crippen molar-refractivity contribution in [3.05, 3.63) is 58.4 Å². The minimum Gasteiger partial charge on any atom is -0.143 e. The van der Waals surface area contributed by atoms with Gasteiger partial charge in [-0.25, -0.2) is 0 Å². The summed E-state index contributed by atoms with van der Waals surface area (Å²) in [5.74, 6) is 0. The second-order valence-corrected chi connectivity index (χ2v) is 7.14. The molecule has 0 aliphatic rings. The molecule has 2 aromatic carbocycles. The number of halogens is 1. The van der Waals surface area contributed by atoms with Crippen LogP contribution < -0.4 is 0 Å². The molecule has 0 radical (unpaired) electrons. The van der Waals surface area contributed by atoms with E-state index in [1.165, 1.54) is 35.1 Å². The van der Waals surface area contributed by atoms with Crippen molar-refractivity contribution in [2.24, 2.45) is 0 Å². The van der Waals surface area contributed by atoms with E-state index >= 15 is 0 Å². The summed E-state index contributed by atoms with van der Waals surface area (Å²) in [5.41, 5.74) is 1.34. The summed E-state index contributed by atoms with van der Waals surface area (Å²) < 4.78 is 3.90. The van der Waals surface area contributed by atoms with Crippen molar-refractivity contribution in [2.45, 2.75) is 0 Å². The zero-order valence-electron chi connectivity index (χ0n) is 9.89. The number of hydrogen-bond donors (Lipinski definition) is 0. The van der Waals surface area contributed by atoms with Gasteiger partial charge in [-0.15, -0.1) is 22.7 Å². The van der Waals surface area contributed by atoms with E-state index in [0.717, 1.165) is 0 Å². The Bertz CT molecular complexity index is 886. The fraction of sp³-hybridized carbons (Fsp3) is 0. The second-order valence-electron chi connectivity index (χ2n) is 4.39. The fourth-order valence-electron chi connectivity index (χ4n) is 2.34. The number of hydrogen-bond acceptors (Lipinski definition) is 2. The highest BCUT2D eigenvalue weighted by molar-refractivity contribution is 9.10. The molecule has 0 spiro atoms. The molecule has 0 amide bonds. The Labute approximate surface area is 127 Å². The maximum Gasteiger partial charge on any atom is 0.0512 e. The topological polar surface area (TPSA) is 0 Å². The van der Waals surface area contributed by atoms with E-state index in [1.54, 1.807) is 0 Å². The maximum absolute atomic E-state index is 3.77. The van der Waals surface area contributed by atoms with E-state index in [1.807, 2.05) is 22.7 Å². The molecule has 19 heavy (non-hydrogen) atoms. The lowest BCUT2D eigenvalue weighted by Crippen LogP contribution is -1.70. The van der Waals surface area contributed by atoms with Crippen molar-refractivity contribution in [3.63, 3.8) is 0 Å². The smallest absolute Gasteiger partial charge is 0.0512 e. The van der Waals surface area contributed by atoms with Gasteiger partial charge in [0, 0.05) is 35.6 Å². The molecule has 0 nitrogen and oxygen atoms in total. The van der Waals surface area contributed by atoms with Crippen molar-refractivity contribution >= 4 is 58.8 Å². The first kappa shape index (κ1) is 11.6. The van der Waals surface area contributed by atoms with Crippen molar-refractivity contribution in [3.8, 4) is 10.4 Å². The van der Waals surface area contributed by atoms with Gasteiger partial charge in [0.2, 0.25) is 0 Å². The van der Waals surface area contributed by atoms with Crippen LogP contribution in [0.5, 0.6) is 0 Å².